The third kappa shape index (κ3) is 3.99. The molecule has 1 aliphatic rings. The number of ether oxygens (including phenoxy) is 1. The van der Waals surface area contributed by atoms with Crippen LogP contribution < -0.4 is 10.1 Å². The van der Waals surface area contributed by atoms with Crippen LogP contribution in [0.25, 0.3) is 0 Å². The minimum atomic E-state index is 0.162. The van der Waals surface area contributed by atoms with E-state index in [0.717, 1.165) is 18.6 Å². The van der Waals surface area contributed by atoms with Crippen LogP contribution in [0.2, 0.25) is 0 Å². The van der Waals surface area contributed by atoms with Gasteiger partial charge in [-0.05, 0) is 36.0 Å². The maximum absolute atomic E-state index is 11.6. The third-order valence-corrected chi connectivity index (χ3v) is 3.87. The molecule has 1 aliphatic carbocycles. The van der Waals surface area contributed by atoms with Gasteiger partial charge in [-0.15, -0.1) is 0 Å². The molecule has 2 rings (SSSR count). The van der Waals surface area contributed by atoms with Crippen molar-refractivity contribution in [3.63, 3.8) is 0 Å². The van der Waals surface area contributed by atoms with Gasteiger partial charge in [-0.3, -0.25) is 4.79 Å². The predicted molar refractivity (Wildman–Crippen MR) is 81.0 cm³/mol. The van der Waals surface area contributed by atoms with E-state index in [9.17, 15) is 4.79 Å². The van der Waals surface area contributed by atoms with Gasteiger partial charge in [0.05, 0.1) is 6.54 Å². The highest BCUT2D eigenvalue weighted by molar-refractivity contribution is 5.79. The highest BCUT2D eigenvalue weighted by atomic mass is 16.5. The fourth-order valence-electron chi connectivity index (χ4n) is 2.21. The lowest BCUT2D eigenvalue weighted by atomic mass is 9.85. The van der Waals surface area contributed by atoms with Gasteiger partial charge in [-0.25, -0.2) is 0 Å². The summed E-state index contributed by atoms with van der Waals surface area (Å²) in [6, 6.07) is 8.19. The number of benzene rings is 1. The Labute approximate surface area is 121 Å². The Hall–Kier alpha value is -1.51. The average Bonchev–Trinajstić information content (AvgIpc) is 2.32. The molecule has 0 saturated heterocycles. The molecule has 1 amide bonds. The van der Waals surface area contributed by atoms with E-state index >= 15 is 0 Å². The summed E-state index contributed by atoms with van der Waals surface area (Å²) in [6.07, 6.45) is 3.27. The number of carbonyl (C=O) groups is 1. The van der Waals surface area contributed by atoms with Crippen LogP contribution in [0.1, 0.15) is 45.6 Å². The average molecular weight is 275 g/mol. The lowest BCUT2D eigenvalue weighted by Crippen LogP contribution is -2.36. The minimum absolute atomic E-state index is 0.162. The first-order valence-electron chi connectivity index (χ1n) is 7.48. The first kappa shape index (κ1) is 14.9. The molecule has 1 saturated carbocycles. The first-order chi connectivity index (χ1) is 9.47. The minimum Gasteiger partial charge on any atom is -0.492 e. The molecule has 3 nitrogen and oxygen atoms in total. The molecule has 0 heterocycles. The normalized spacial score (nSPS) is 15.6. The fraction of sp³-hybridized carbons (Fsp3) is 0.588. The molecule has 20 heavy (non-hydrogen) atoms. The van der Waals surface area contributed by atoms with Crippen LogP contribution >= 0.6 is 0 Å². The number of rotatable bonds is 5. The lowest BCUT2D eigenvalue weighted by Gasteiger charge is -2.24. The molecule has 110 valence electrons. The van der Waals surface area contributed by atoms with E-state index in [2.05, 4.69) is 38.2 Å². The van der Waals surface area contributed by atoms with Gasteiger partial charge in [-0.2, -0.15) is 0 Å². The molecule has 0 bridgehead atoms. The second-order valence-corrected chi connectivity index (χ2v) is 6.54. The van der Waals surface area contributed by atoms with Crippen LogP contribution in [0.5, 0.6) is 5.75 Å². The Morgan fingerprint density at radius 2 is 1.90 bits per heavy atom. The quantitative estimate of drug-likeness (QED) is 0.837. The van der Waals surface area contributed by atoms with Crippen molar-refractivity contribution in [3.05, 3.63) is 29.8 Å². The van der Waals surface area contributed by atoms with Crippen molar-refractivity contribution < 1.29 is 9.53 Å². The Bertz CT molecular complexity index is 441. The van der Waals surface area contributed by atoms with Crippen molar-refractivity contribution in [2.75, 3.05) is 13.2 Å². The van der Waals surface area contributed by atoms with Crippen molar-refractivity contribution in [1.29, 1.82) is 0 Å². The maximum Gasteiger partial charge on any atom is 0.223 e. The molecule has 1 fully saturated rings. The van der Waals surface area contributed by atoms with Gasteiger partial charge in [-0.1, -0.05) is 39.3 Å². The van der Waals surface area contributed by atoms with Crippen LogP contribution in [0.3, 0.4) is 0 Å². The summed E-state index contributed by atoms with van der Waals surface area (Å²) in [5.41, 5.74) is 1.46. The number of hydrogen-bond donors (Lipinski definition) is 1. The van der Waals surface area contributed by atoms with Crippen LogP contribution in [-0.4, -0.2) is 19.1 Å². The molecule has 1 aromatic rings. The smallest absolute Gasteiger partial charge is 0.223 e. The summed E-state index contributed by atoms with van der Waals surface area (Å²) in [6.45, 7) is 7.68. The highest BCUT2D eigenvalue weighted by Gasteiger charge is 2.24. The molecule has 3 heteroatoms. The van der Waals surface area contributed by atoms with Crippen molar-refractivity contribution in [3.8, 4) is 5.75 Å². The van der Waals surface area contributed by atoms with Crippen molar-refractivity contribution >= 4 is 5.91 Å². The second-order valence-electron chi connectivity index (χ2n) is 6.54. The molecule has 0 aromatic heterocycles. The molecule has 0 atom stereocenters. The zero-order valence-corrected chi connectivity index (χ0v) is 12.7. The van der Waals surface area contributed by atoms with Gasteiger partial charge in [0.25, 0.3) is 0 Å². The van der Waals surface area contributed by atoms with E-state index in [1.165, 1.54) is 12.0 Å². The summed E-state index contributed by atoms with van der Waals surface area (Å²) in [5, 5.41) is 2.93. The zero-order valence-electron chi connectivity index (χ0n) is 12.7. The van der Waals surface area contributed by atoms with Crippen LogP contribution in [0, 0.1) is 5.92 Å². The van der Waals surface area contributed by atoms with Crippen LogP contribution in [-0.2, 0) is 10.2 Å². The highest BCUT2D eigenvalue weighted by Crippen LogP contribution is 2.26. The van der Waals surface area contributed by atoms with Gasteiger partial charge in [0.2, 0.25) is 5.91 Å². The summed E-state index contributed by atoms with van der Waals surface area (Å²) in [4.78, 5) is 11.6. The predicted octanol–water partition coefficient (Wildman–Crippen LogP) is 3.28. The fourth-order valence-corrected chi connectivity index (χ4v) is 2.21. The Morgan fingerprint density at radius 1 is 1.25 bits per heavy atom. The Balaban J connectivity index is 1.70. The SMILES string of the molecule is CC(C)(C)c1ccc(OCCNC(=O)C2CCC2)cc1. The van der Waals surface area contributed by atoms with Gasteiger partial charge >= 0.3 is 0 Å². The van der Waals surface area contributed by atoms with Crippen LogP contribution in [0.4, 0.5) is 0 Å². The lowest BCUT2D eigenvalue weighted by molar-refractivity contribution is -0.127. The monoisotopic (exact) mass is 275 g/mol. The van der Waals surface area contributed by atoms with Gasteiger partial charge in [0.15, 0.2) is 0 Å². The number of carbonyl (C=O) groups excluding carboxylic acids is 1. The van der Waals surface area contributed by atoms with Crippen LogP contribution in [0.15, 0.2) is 24.3 Å². The first-order valence-corrected chi connectivity index (χ1v) is 7.48. The third-order valence-electron chi connectivity index (χ3n) is 3.87. The van der Waals surface area contributed by atoms with E-state index < -0.39 is 0 Å². The molecule has 0 radical (unpaired) electrons. The Morgan fingerprint density at radius 3 is 2.40 bits per heavy atom. The zero-order chi connectivity index (χ0) is 14.6. The van der Waals surface area contributed by atoms with Gasteiger partial charge in [0, 0.05) is 5.92 Å². The number of amides is 1. The van der Waals surface area contributed by atoms with E-state index in [4.69, 9.17) is 4.74 Å². The largest absolute Gasteiger partial charge is 0.492 e. The van der Waals surface area contributed by atoms with Gasteiger partial charge in [0.1, 0.15) is 12.4 Å². The van der Waals surface area contributed by atoms with Crippen molar-refractivity contribution in [1.82, 2.24) is 5.32 Å². The molecule has 0 aliphatic heterocycles. The van der Waals surface area contributed by atoms with E-state index in [1.807, 2.05) is 12.1 Å². The Kier molecular flexibility index (Phi) is 4.69. The van der Waals surface area contributed by atoms with Gasteiger partial charge < -0.3 is 10.1 Å². The maximum atomic E-state index is 11.6. The molecule has 0 spiro atoms. The number of nitrogens with one attached hydrogen (secondary N) is 1. The topological polar surface area (TPSA) is 38.3 Å². The summed E-state index contributed by atoms with van der Waals surface area (Å²) >= 11 is 0. The van der Waals surface area contributed by atoms with Crippen molar-refractivity contribution in [2.24, 2.45) is 5.92 Å². The summed E-state index contributed by atoms with van der Waals surface area (Å²) in [5.74, 6) is 1.29. The van der Waals surface area contributed by atoms with E-state index in [0.29, 0.717) is 13.2 Å². The van der Waals surface area contributed by atoms with E-state index in [-0.39, 0.29) is 17.2 Å². The standard InChI is InChI=1S/C17H25NO2/c1-17(2,3)14-7-9-15(10-8-14)20-12-11-18-16(19)13-5-4-6-13/h7-10,13H,4-6,11-12H2,1-3H3,(H,18,19). The van der Waals surface area contributed by atoms with Crippen molar-refractivity contribution in [2.45, 2.75) is 45.4 Å². The molecule has 1 N–H and O–H groups in total. The molecular weight excluding hydrogens is 250 g/mol. The summed E-state index contributed by atoms with van der Waals surface area (Å²) < 4.78 is 5.64. The second kappa shape index (κ2) is 6.29. The molecule has 1 aromatic carbocycles. The van der Waals surface area contributed by atoms with E-state index in [1.54, 1.807) is 0 Å². The summed E-state index contributed by atoms with van der Waals surface area (Å²) in [7, 11) is 0. The molecule has 0 unspecified atom stereocenters. The number of hydrogen-bond acceptors (Lipinski definition) is 2. The molecular formula is C17H25NO2.